The maximum atomic E-state index is 13.0. The number of amides is 1. The Bertz CT molecular complexity index is 1030. The third-order valence-corrected chi connectivity index (χ3v) is 5.63. The molecule has 1 aromatic carbocycles. The van der Waals surface area contributed by atoms with Crippen molar-refractivity contribution in [2.75, 3.05) is 20.3 Å². The van der Waals surface area contributed by atoms with Gasteiger partial charge in [-0.05, 0) is 59.9 Å². The summed E-state index contributed by atoms with van der Waals surface area (Å²) < 4.78 is 7.39. The molecular weight excluding hydrogens is 442 g/mol. The molecule has 0 unspecified atom stereocenters. The zero-order valence-electron chi connectivity index (χ0n) is 15.8. The van der Waals surface area contributed by atoms with Crippen LogP contribution in [0.2, 0.25) is 0 Å². The monoisotopic (exact) mass is 461 g/mol. The number of nitrogens with zero attached hydrogens (tertiary/aromatic N) is 2. The number of aromatic nitrogens is 2. The summed E-state index contributed by atoms with van der Waals surface area (Å²) >= 11 is 4.74. The summed E-state index contributed by atoms with van der Waals surface area (Å²) in [7, 11) is 1.57. The Balaban J connectivity index is 2.18. The van der Waals surface area contributed by atoms with Gasteiger partial charge >= 0.3 is 0 Å². The fourth-order valence-corrected chi connectivity index (χ4v) is 4.16. The normalized spacial score (nSPS) is 11.0. The molecule has 2 heterocycles. The Labute approximate surface area is 175 Å². The smallest absolute Gasteiger partial charge is 0.269 e. The summed E-state index contributed by atoms with van der Waals surface area (Å²) in [5.74, 6) is -0.502. The zero-order chi connectivity index (χ0) is 20.3. The molecule has 0 radical (unpaired) electrons. The molecule has 28 heavy (non-hydrogen) atoms. The fourth-order valence-electron chi connectivity index (χ4n) is 2.85. The standard InChI is InChI=1S/C20H20BrN3O3S/c1-12-4-6-14(7-5-12)28-24-16-11-23-17(21)10-15(16)18(13(2)25)19(24)20(26)22-8-9-27-3/h4-7,10-11H,8-9H2,1-3H3,(H,22,26). The van der Waals surface area contributed by atoms with E-state index in [1.807, 2.05) is 31.2 Å². The van der Waals surface area contributed by atoms with E-state index in [2.05, 4.69) is 26.2 Å². The summed E-state index contributed by atoms with van der Waals surface area (Å²) in [5.41, 5.74) is 2.54. The van der Waals surface area contributed by atoms with Gasteiger partial charge in [-0.25, -0.2) is 4.98 Å². The highest BCUT2D eigenvalue weighted by atomic mass is 79.9. The molecule has 0 aliphatic carbocycles. The Hall–Kier alpha value is -2.16. The molecule has 0 saturated heterocycles. The molecule has 3 aromatic rings. The van der Waals surface area contributed by atoms with Crippen LogP contribution in [0.25, 0.3) is 10.9 Å². The van der Waals surface area contributed by atoms with Gasteiger partial charge in [0.15, 0.2) is 5.78 Å². The van der Waals surface area contributed by atoms with Crippen LogP contribution in [-0.4, -0.2) is 40.9 Å². The van der Waals surface area contributed by atoms with Crippen molar-refractivity contribution in [3.63, 3.8) is 0 Å². The van der Waals surface area contributed by atoms with Gasteiger partial charge in [0, 0.05) is 23.9 Å². The maximum absolute atomic E-state index is 13.0. The second-order valence-electron chi connectivity index (χ2n) is 6.25. The van der Waals surface area contributed by atoms with Crippen molar-refractivity contribution >= 4 is 50.5 Å². The fraction of sp³-hybridized carbons (Fsp3) is 0.250. The van der Waals surface area contributed by atoms with E-state index in [0.717, 1.165) is 10.5 Å². The maximum Gasteiger partial charge on any atom is 0.269 e. The van der Waals surface area contributed by atoms with Crippen molar-refractivity contribution in [2.45, 2.75) is 18.7 Å². The van der Waals surface area contributed by atoms with E-state index in [9.17, 15) is 9.59 Å². The van der Waals surface area contributed by atoms with Gasteiger partial charge in [-0.2, -0.15) is 0 Å². The van der Waals surface area contributed by atoms with E-state index in [1.165, 1.54) is 18.9 Å². The molecular formula is C20H20BrN3O3S. The molecule has 0 spiro atoms. The van der Waals surface area contributed by atoms with Gasteiger partial charge in [0.25, 0.3) is 5.91 Å². The lowest BCUT2D eigenvalue weighted by atomic mass is 10.1. The number of halogens is 1. The molecule has 0 fully saturated rings. The molecule has 146 valence electrons. The van der Waals surface area contributed by atoms with Crippen LogP contribution < -0.4 is 5.32 Å². The van der Waals surface area contributed by atoms with Crippen molar-refractivity contribution in [1.82, 2.24) is 14.3 Å². The molecule has 1 amide bonds. The first-order valence-corrected chi connectivity index (χ1v) is 10.2. The van der Waals surface area contributed by atoms with E-state index in [1.54, 1.807) is 23.3 Å². The number of pyridine rings is 1. The number of fused-ring (bicyclic) bond motifs is 1. The van der Waals surface area contributed by atoms with Crippen molar-refractivity contribution in [1.29, 1.82) is 0 Å². The van der Waals surface area contributed by atoms with Gasteiger partial charge < -0.3 is 10.1 Å². The van der Waals surface area contributed by atoms with E-state index in [-0.39, 0.29) is 11.7 Å². The SMILES string of the molecule is COCCNC(=O)c1c(C(C)=O)c2cc(Br)ncc2n1Sc1ccc(C)cc1. The van der Waals surface area contributed by atoms with E-state index >= 15 is 0 Å². The van der Waals surface area contributed by atoms with Gasteiger partial charge in [0.2, 0.25) is 0 Å². The van der Waals surface area contributed by atoms with E-state index in [0.29, 0.717) is 39.9 Å². The van der Waals surface area contributed by atoms with Crippen LogP contribution in [0.5, 0.6) is 0 Å². The van der Waals surface area contributed by atoms with Crippen LogP contribution in [0.3, 0.4) is 0 Å². The molecule has 6 nitrogen and oxygen atoms in total. The van der Waals surface area contributed by atoms with Crippen LogP contribution in [0.1, 0.15) is 33.3 Å². The van der Waals surface area contributed by atoms with Crippen molar-refractivity contribution in [2.24, 2.45) is 0 Å². The Morgan fingerprint density at radius 3 is 2.64 bits per heavy atom. The number of methoxy groups -OCH3 is 1. The highest BCUT2D eigenvalue weighted by Gasteiger charge is 2.26. The highest BCUT2D eigenvalue weighted by molar-refractivity contribution is 9.10. The number of Topliss-reactive ketones (excluding diaryl/α,β-unsaturated/α-hetero) is 1. The molecule has 1 N–H and O–H groups in total. The van der Waals surface area contributed by atoms with E-state index < -0.39 is 0 Å². The molecule has 0 aliphatic heterocycles. The van der Waals surface area contributed by atoms with Crippen LogP contribution in [-0.2, 0) is 4.74 Å². The number of hydrogen-bond donors (Lipinski definition) is 1. The van der Waals surface area contributed by atoms with Crippen molar-refractivity contribution in [3.05, 3.63) is 58.0 Å². The minimum atomic E-state index is -0.325. The number of hydrogen-bond acceptors (Lipinski definition) is 5. The average Bonchev–Trinajstić information content (AvgIpc) is 2.97. The van der Waals surface area contributed by atoms with Crippen LogP contribution >= 0.6 is 27.9 Å². The number of ether oxygens (including phenoxy) is 1. The van der Waals surface area contributed by atoms with Crippen LogP contribution in [0.15, 0.2) is 46.0 Å². The number of benzene rings is 1. The Kier molecular flexibility index (Phi) is 6.53. The van der Waals surface area contributed by atoms with Crippen molar-refractivity contribution < 1.29 is 14.3 Å². The highest BCUT2D eigenvalue weighted by Crippen LogP contribution is 2.34. The molecule has 0 saturated carbocycles. The Morgan fingerprint density at radius 2 is 2.00 bits per heavy atom. The molecule has 0 aliphatic rings. The Morgan fingerprint density at radius 1 is 1.29 bits per heavy atom. The first kappa shape index (κ1) is 20.6. The molecule has 3 rings (SSSR count). The predicted octanol–water partition coefficient (Wildman–Crippen LogP) is 4.24. The molecule has 2 aromatic heterocycles. The third kappa shape index (κ3) is 4.29. The summed E-state index contributed by atoms with van der Waals surface area (Å²) in [6, 6.07) is 9.75. The van der Waals surface area contributed by atoms with Crippen molar-refractivity contribution in [3.8, 4) is 0 Å². The molecule has 8 heteroatoms. The zero-order valence-corrected chi connectivity index (χ0v) is 18.2. The molecule has 0 atom stereocenters. The van der Waals surface area contributed by atoms with Crippen LogP contribution in [0, 0.1) is 6.92 Å². The summed E-state index contributed by atoms with van der Waals surface area (Å²) in [6.45, 7) is 4.23. The molecule has 0 bridgehead atoms. The number of nitrogens with one attached hydrogen (secondary N) is 1. The largest absolute Gasteiger partial charge is 0.383 e. The summed E-state index contributed by atoms with van der Waals surface area (Å²) in [5, 5.41) is 3.51. The average molecular weight is 462 g/mol. The second-order valence-corrected chi connectivity index (χ2v) is 8.08. The lowest BCUT2D eigenvalue weighted by molar-refractivity contribution is 0.0920. The first-order chi connectivity index (χ1) is 13.4. The van der Waals surface area contributed by atoms with E-state index in [4.69, 9.17) is 4.74 Å². The minimum absolute atomic E-state index is 0.178. The first-order valence-electron chi connectivity index (χ1n) is 8.65. The summed E-state index contributed by atoms with van der Waals surface area (Å²) in [4.78, 5) is 30.7. The third-order valence-electron chi connectivity index (χ3n) is 4.15. The minimum Gasteiger partial charge on any atom is -0.383 e. The van der Waals surface area contributed by atoms with Crippen LogP contribution in [0.4, 0.5) is 0 Å². The summed E-state index contributed by atoms with van der Waals surface area (Å²) in [6.07, 6.45) is 1.67. The van der Waals surface area contributed by atoms with Gasteiger partial charge in [0.1, 0.15) is 10.3 Å². The number of aryl methyl sites for hydroxylation is 1. The van der Waals surface area contributed by atoms with Gasteiger partial charge in [-0.1, -0.05) is 17.7 Å². The lowest BCUT2D eigenvalue weighted by Gasteiger charge is -2.11. The number of carbonyl (C=O) groups excluding carboxylic acids is 2. The number of ketones is 1. The number of carbonyl (C=O) groups is 2. The van der Waals surface area contributed by atoms with Gasteiger partial charge in [-0.15, -0.1) is 0 Å². The topological polar surface area (TPSA) is 73.2 Å². The second kappa shape index (κ2) is 8.89. The predicted molar refractivity (Wildman–Crippen MR) is 114 cm³/mol. The number of rotatable bonds is 7. The lowest BCUT2D eigenvalue weighted by Crippen LogP contribution is -2.29. The van der Waals surface area contributed by atoms with Gasteiger partial charge in [-0.3, -0.25) is 13.6 Å². The quantitative estimate of drug-likeness (QED) is 0.323. The van der Waals surface area contributed by atoms with Gasteiger partial charge in [0.05, 0.1) is 23.9 Å².